The van der Waals surface area contributed by atoms with Gasteiger partial charge in [-0.15, -0.1) is 0 Å². The van der Waals surface area contributed by atoms with Gasteiger partial charge in [0.15, 0.2) is 0 Å². The topological polar surface area (TPSA) is 89.1 Å². The van der Waals surface area contributed by atoms with Crippen LogP contribution >= 0.6 is 0 Å². The van der Waals surface area contributed by atoms with Crippen LogP contribution in [-0.2, 0) is 0 Å². The SMILES string of the molecule is CCOc1ccc(-c2cncc(C(=O)Nc3cc4c(F)ccc(OC)c4[nH]3)n2)cc1. The second kappa shape index (κ2) is 8.20. The molecule has 2 aromatic carbocycles. The summed E-state index contributed by atoms with van der Waals surface area (Å²) in [6, 6.07) is 11.7. The normalized spacial score (nSPS) is 10.8. The van der Waals surface area contributed by atoms with Crippen molar-refractivity contribution in [1.82, 2.24) is 15.0 Å². The summed E-state index contributed by atoms with van der Waals surface area (Å²) in [5.74, 6) is 0.668. The summed E-state index contributed by atoms with van der Waals surface area (Å²) in [5, 5.41) is 3.01. The molecule has 2 heterocycles. The van der Waals surface area contributed by atoms with Gasteiger partial charge in [-0.25, -0.2) is 9.37 Å². The summed E-state index contributed by atoms with van der Waals surface area (Å²) in [6.45, 7) is 2.50. The zero-order valence-corrected chi connectivity index (χ0v) is 16.4. The van der Waals surface area contributed by atoms with Gasteiger partial charge in [-0.3, -0.25) is 9.78 Å². The lowest BCUT2D eigenvalue weighted by molar-refractivity contribution is 0.102. The zero-order valence-electron chi connectivity index (χ0n) is 16.4. The minimum absolute atomic E-state index is 0.132. The molecule has 2 N–H and O–H groups in total. The van der Waals surface area contributed by atoms with E-state index in [4.69, 9.17) is 9.47 Å². The quantitative estimate of drug-likeness (QED) is 0.495. The number of hydrogen-bond acceptors (Lipinski definition) is 5. The third-order valence-electron chi connectivity index (χ3n) is 4.50. The molecule has 2 aromatic heterocycles. The second-order valence-electron chi connectivity index (χ2n) is 6.42. The predicted octanol–water partition coefficient (Wildman–Crippen LogP) is 4.42. The van der Waals surface area contributed by atoms with Crippen LogP contribution in [0.3, 0.4) is 0 Å². The van der Waals surface area contributed by atoms with Crippen LogP contribution in [0, 0.1) is 5.82 Å². The number of nitrogens with one attached hydrogen (secondary N) is 2. The van der Waals surface area contributed by atoms with Gasteiger partial charge < -0.3 is 19.8 Å². The molecule has 152 valence electrons. The summed E-state index contributed by atoms with van der Waals surface area (Å²) in [4.78, 5) is 24.2. The van der Waals surface area contributed by atoms with Crippen molar-refractivity contribution in [1.29, 1.82) is 0 Å². The van der Waals surface area contributed by atoms with Crippen molar-refractivity contribution in [3.63, 3.8) is 0 Å². The maximum atomic E-state index is 14.1. The molecule has 0 spiro atoms. The Morgan fingerprint density at radius 2 is 1.97 bits per heavy atom. The Labute approximate surface area is 171 Å². The average Bonchev–Trinajstić information content (AvgIpc) is 3.19. The third kappa shape index (κ3) is 3.80. The van der Waals surface area contributed by atoms with E-state index in [0.717, 1.165) is 11.3 Å². The lowest BCUT2D eigenvalue weighted by Gasteiger charge is -2.06. The second-order valence-corrected chi connectivity index (χ2v) is 6.42. The summed E-state index contributed by atoms with van der Waals surface area (Å²) < 4.78 is 24.7. The molecule has 30 heavy (non-hydrogen) atoms. The van der Waals surface area contributed by atoms with Crippen molar-refractivity contribution in [2.75, 3.05) is 19.0 Å². The highest BCUT2D eigenvalue weighted by Crippen LogP contribution is 2.30. The fraction of sp³-hybridized carbons (Fsp3) is 0.136. The fourth-order valence-corrected chi connectivity index (χ4v) is 3.09. The lowest BCUT2D eigenvalue weighted by Crippen LogP contribution is -2.14. The van der Waals surface area contributed by atoms with Crippen molar-refractivity contribution in [3.05, 3.63) is 66.4 Å². The molecule has 4 aromatic rings. The number of H-pyrrole nitrogens is 1. The number of carbonyl (C=O) groups is 1. The molecule has 0 aliphatic carbocycles. The van der Waals surface area contributed by atoms with E-state index in [2.05, 4.69) is 20.3 Å². The Balaban J connectivity index is 1.58. The lowest BCUT2D eigenvalue weighted by atomic mass is 10.1. The Kier molecular flexibility index (Phi) is 5.30. The van der Waals surface area contributed by atoms with E-state index in [-0.39, 0.29) is 5.69 Å². The Hall–Kier alpha value is -3.94. The first-order valence-electron chi connectivity index (χ1n) is 9.31. The number of aromatic nitrogens is 3. The van der Waals surface area contributed by atoms with E-state index in [9.17, 15) is 9.18 Å². The monoisotopic (exact) mass is 406 g/mol. The number of rotatable bonds is 6. The van der Waals surface area contributed by atoms with Gasteiger partial charge in [0.25, 0.3) is 5.91 Å². The van der Waals surface area contributed by atoms with Crippen LogP contribution in [-0.4, -0.2) is 34.6 Å². The molecule has 1 amide bonds. The van der Waals surface area contributed by atoms with Gasteiger partial charge in [0, 0.05) is 10.9 Å². The molecule has 0 saturated carbocycles. The Morgan fingerprint density at radius 3 is 2.70 bits per heavy atom. The molecule has 8 heteroatoms. The molecule has 0 aliphatic rings. The first kappa shape index (κ1) is 19.4. The van der Waals surface area contributed by atoms with E-state index >= 15 is 0 Å². The number of amides is 1. The van der Waals surface area contributed by atoms with Crippen LogP contribution in [0.5, 0.6) is 11.5 Å². The predicted molar refractivity (Wildman–Crippen MR) is 111 cm³/mol. The summed E-state index contributed by atoms with van der Waals surface area (Å²) in [6.07, 6.45) is 2.95. The molecular weight excluding hydrogens is 387 g/mol. The van der Waals surface area contributed by atoms with Crippen molar-refractivity contribution in [3.8, 4) is 22.8 Å². The van der Waals surface area contributed by atoms with Gasteiger partial charge in [0.1, 0.15) is 28.8 Å². The van der Waals surface area contributed by atoms with E-state index in [1.807, 2.05) is 31.2 Å². The zero-order chi connectivity index (χ0) is 21.1. The molecule has 0 atom stereocenters. The molecular formula is C22H19FN4O3. The van der Waals surface area contributed by atoms with Crippen molar-refractivity contribution in [2.45, 2.75) is 6.92 Å². The number of carbonyl (C=O) groups excluding carboxylic acids is 1. The van der Waals surface area contributed by atoms with E-state index in [1.54, 1.807) is 6.20 Å². The highest BCUT2D eigenvalue weighted by atomic mass is 19.1. The fourth-order valence-electron chi connectivity index (χ4n) is 3.09. The maximum absolute atomic E-state index is 14.1. The standard InChI is InChI=1S/C22H19FN4O3/c1-3-30-14-6-4-13(5-7-14)17-11-24-12-18(25-17)22(28)27-20-10-15-16(23)8-9-19(29-2)21(15)26-20/h4-12,26H,3H2,1-2H3,(H,27,28). The third-order valence-corrected chi connectivity index (χ3v) is 4.50. The molecule has 7 nitrogen and oxygen atoms in total. The van der Waals surface area contributed by atoms with Gasteiger partial charge in [0.05, 0.1) is 37.3 Å². The summed E-state index contributed by atoms with van der Waals surface area (Å²) in [7, 11) is 1.49. The van der Waals surface area contributed by atoms with Crippen LogP contribution in [0.25, 0.3) is 22.2 Å². The van der Waals surface area contributed by atoms with E-state index in [0.29, 0.717) is 34.8 Å². The van der Waals surface area contributed by atoms with E-state index in [1.165, 1.54) is 31.5 Å². The minimum atomic E-state index is -0.471. The number of hydrogen-bond donors (Lipinski definition) is 2. The minimum Gasteiger partial charge on any atom is -0.495 e. The van der Waals surface area contributed by atoms with Gasteiger partial charge in [-0.1, -0.05) is 0 Å². The highest BCUT2D eigenvalue weighted by molar-refractivity contribution is 6.04. The van der Waals surface area contributed by atoms with Gasteiger partial charge in [-0.05, 0) is 49.4 Å². The number of halogens is 1. The smallest absolute Gasteiger partial charge is 0.276 e. The number of aromatic amines is 1. The summed E-state index contributed by atoms with van der Waals surface area (Å²) in [5.41, 5.74) is 1.95. The van der Waals surface area contributed by atoms with Gasteiger partial charge >= 0.3 is 0 Å². The largest absolute Gasteiger partial charge is 0.495 e. The number of ether oxygens (including phenoxy) is 2. The average molecular weight is 406 g/mol. The number of benzene rings is 2. The number of methoxy groups -OCH3 is 1. The Bertz CT molecular complexity index is 1200. The van der Waals surface area contributed by atoms with Crippen LogP contribution in [0.15, 0.2) is 54.9 Å². The number of anilines is 1. The molecule has 0 fully saturated rings. The van der Waals surface area contributed by atoms with Crippen molar-refractivity contribution >= 4 is 22.6 Å². The molecule has 4 rings (SSSR count). The van der Waals surface area contributed by atoms with Crippen LogP contribution < -0.4 is 14.8 Å². The van der Waals surface area contributed by atoms with Crippen molar-refractivity contribution in [2.24, 2.45) is 0 Å². The van der Waals surface area contributed by atoms with Crippen LogP contribution in [0.1, 0.15) is 17.4 Å². The number of fused-ring (bicyclic) bond motifs is 1. The molecule has 0 radical (unpaired) electrons. The number of nitrogens with zero attached hydrogens (tertiary/aromatic N) is 2. The Morgan fingerprint density at radius 1 is 1.17 bits per heavy atom. The van der Waals surface area contributed by atoms with Crippen molar-refractivity contribution < 1.29 is 18.7 Å². The van der Waals surface area contributed by atoms with Gasteiger partial charge in [0.2, 0.25) is 0 Å². The molecule has 0 saturated heterocycles. The molecule has 0 aliphatic heterocycles. The first-order valence-corrected chi connectivity index (χ1v) is 9.31. The highest BCUT2D eigenvalue weighted by Gasteiger charge is 2.15. The van der Waals surface area contributed by atoms with Gasteiger partial charge in [-0.2, -0.15) is 0 Å². The van der Waals surface area contributed by atoms with Crippen LogP contribution in [0.2, 0.25) is 0 Å². The maximum Gasteiger partial charge on any atom is 0.276 e. The van der Waals surface area contributed by atoms with E-state index < -0.39 is 11.7 Å². The molecule has 0 unspecified atom stereocenters. The van der Waals surface area contributed by atoms with Crippen LogP contribution in [0.4, 0.5) is 10.2 Å². The summed E-state index contributed by atoms with van der Waals surface area (Å²) >= 11 is 0. The molecule has 0 bridgehead atoms. The first-order chi connectivity index (χ1) is 14.6.